The molecule has 0 unspecified atom stereocenters. The fourth-order valence-electron chi connectivity index (χ4n) is 2.66. The summed E-state index contributed by atoms with van der Waals surface area (Å²) in [5.74, 6) is 0. The fraction of sp³-hybridized carbons (Fsp3) is 1.00. The summed E-state index contributed by atoms with van der Waals surface area (Å²) in [7, 11) is -4.90. The van der Waals surface area contributed by atoms with Crippen molar-refractivity contribution in [2.24, 2.45) is 0 Å². The van der Waals surface area contributed by atoms with Crippen molar-refractivity contribution in [2.45, 2.75) is 71.1 Å². The van der Waals surface area contributed by atoms with Crippen molar-refractivity contribution in [1.82, 2.24) is 0 Å². The van der Waals surface area contributed by atoms with Crippen LogP contribution in [0.5, 0.6) is 0 Å². The van der Waals surface area contributed by atoms with Gasteiger partial charge in [-0.15, -0.1) is 0 Å². The maximum absolute atomic E-state index is 10.2. The number of ether oxygens (including phenoxy) is 4. The third-order valence-electron chi connectivity index (χ3n) is 4.24. The largest absolute Gasteiger partial charge is 1.00 e. The minimum atomic E-state index is -4.90. The first-order valence-corrected chi connectivity index (χ1v) is 12.5. The molecule has 0 saturated carbocycles. The Morgan fingerprint density at radius 1 is 0.516 bits per heavy atom. The molecule has 0 radical (unpaired) electrons. The SMILES string of the molecule is CCCCCCCCCCCCOCCOCCOCCOCCOP(=O)([O-])[O-].[Na+].[Na+]. The van der Waals surface area contributed by atoms with E-state index in [1.54, 1.807) is 0 Å². The van der Waals surface area contributed by atoms with Crippen molar-refractivity contribution in [3.63, 3.8) is 0 Å². The van der Waals surface area contributed by atoms with Crippen LogP contribution in [0.15, 0.2) is 0 Å². The van der Waals surface area contributed by atoms with Crippen LogP contribution in [-0.4, -0.2) is 59.5 Å². The molecule has 0 aliphatic rings. The van der Waals surface area contributed by atoms with E-state index in [0.29, 0.717) is 39.6 Å². The number of phosphoric acid groups is 1. The van der Waals surface area contributed by atoms with Gasteiger partial charge in [-0.1, -0.05) is 64.7 Å². The molecule has 31 heavy (non-hydrogen) atoms. The van der Waals surface area contributed by atoms with E-state index in [1.807, 2.05) is 0 Å². The summed E-state index contributed by atoms with van der Waals surface area (Å²) in [6, 6.07) is 0. The number of phosphoric ester groups is 1. The summed E-state index contributed by atoms with van der Waals surface area (Å²) < 4.78 is 35.5. The quantitative estimate of drug-likeness (QED) is 0.0799. The molecule has 0 amide bonds. The maximum atomic E-state index is 10.2. The Balaban J connectivity index is -0.00000392. The molecule has 0 spiro atoms. The van der Waals surface area contributed by atoms with E-state index in [2.05, 4.69) is 11.4 Å². The van der Waals surface area contributed by atoms with Gasteiger partial charge in [0.15, 0.2) is 0 Å². The molecule has 0 aromatic rings. The van der Waals surface area contributed by atoms with E-state index in [-0.39, 0.29) is 72.3 Å². The molecule has 0 aromatic carbocycles. The van der Waals surface area contributed by atoms with Crippen LogP contribution in [0, 0.1) is 0 Å². The zero-order valence-corrected chi connectivity index (χ0v) is 25.0. The number of unbranched alkanes of at least 4 members (excludes halogenated alkanes) is 9. The molecule has 0 N–H and O–H groups in total. The van der Waals surface area contributed by atoms with Crippen LogP contribution in [-0.2, 0) is 28.0 Å². The Morgan fingerprint density at radius 2 is 0.839 bits per heavy atom. The number of hydrogen-bond acceptors (Lipinski definition) is 8. The van der Waals surface area contributed by atoms with Gasteiger partial charge in [0.05, 0.1) is 60.7 Å². The normalized spacial score (nSPS) is 11.2. The summed E-state index contributed by atoms with van der Waals surface area (Å²) in [6.45, 7) is 5.57. The molecule has 0 bridgehead atoms. The van der Waals surface area contributed by atoms with Crippen LogP contribution < -0.4 is 68.9 Å². The van der Waals surface area contributed by atoms with E-state index in [9.17, 15) is 14.4 Å². The number of hydrogen-bond donors (Lipinski definition) is 0. The standard InChI is InChI=1S/C20H43O8P.2Na/c1-2-3-4-5-6-7-8-9-10-11-12-24-13-14-25-15-16-26-17-18-27-19-20-28-29(21,22)23;;/h2-20H2,1H3,(H2,21,22,23);;/q;2*+1/p-2. The molecule has 0 fully saturated rings. The predicted octanol–water partition coefficient (Wildman–Crippen LogP) is -3.17. The minimum Gasteiger partial charge on any atom is -0.790 e. The van der Waals surface area contributed by atoms with Crippen molar-refractivity contribution in [2.75, 3.05) is 59.5 Å². The summed E-state index contributed by atoms with van der Waals surface area (Å²) >= 11 is 0. The molecule has 11 heteroatoms. The number of rotatable bonds is 24. The van der Waals surface area contributed by atoms with Crippen LogP contribution in [0.3, 0.4) is 0 Å². The smallest absolute Gasteiger partial charge is 0.790 e. The van der Waals surface area contributed by atoms with Gasteiger partial charge in [-0.3, -0.25) is 0 Å². The maximum Gasteiger partial charge on any atom is 1.00 e. The van der Waals surface area contributed by atoms with Crippen LogP contribution in [0.25, 0.3) is 0 Å². The second-order valence-electron chi connectivity index (χ2n) is 6.91. The Bertz CT molecular complexity index is 375. The zero-order valence-electron chi connectivity index (χ0n) is 20.1. The van der Waals surface area contributed by atoms with Crippen molar-refractivity contribution in [1.29, 1.82) is 0 Å². The molecule has 0 rings (SSSR count). The monoisotopic (exact) mass is 486 g/mol. The van der Waals surface area contributed by atoms with Crippen LogP contribution in [0.1, 0.15) is 71.1 Å². The van der Waals surface area contributed by atoms with Crippen molar-refractivity contribution >= 4 is 7.82 Å². The fourth-order valence-corrected chi connectivity index (χ4v) is 2.96. The average Bonchev–Trinajstić information content (AvgIpc) is 2.67. The molecule has 8 nitrogen and oxygen atoms in total. The van der Waals surface area contributed by atoms with E-state index in [0.717, 1.165) is 13.0 Å². The van der Waals surface area contributed by atoms with Crippen molar-refractivity contribution in [3.05, 3.63) is 0 Å². The van der Waals surface area contributed by atoms with Gasteiger partial charge in [0.1, 0.15) is 0 Å². The van der Waals surface area contributed by atoms with Gasteiger partial charge in [-0.2, -0.15) is 0 Å². The van der Waals surface area contributed by atoms with Gasteiger partial charge < -0.3 is 37.8 Å². The van der Waals surface area contributed by atoms with E-state index < -0.39 is 7.82 Å². The van der Waals surface area contributed by atoms with Crippen molar-refractivity contribution in [3.8, 4) is 0 Å². The molecule has 0 atom stereocenters. The summed E-state index contributed by atoms with van der Waals surface area (Å²) in [4.78, 5) is 20.4. The summed E-state index contributed by atoms with van der Waals surface area (Å²) in [6.07, 6.45) is 13.2. The van der Waals surface area contributed by atoms with Gasteiger partial charge in [0, 0.05) is 6.61 Å². The Kier molecular flexibility index (Phi) is 36.3. The minimum absolute atomic E-state index is 0. The molecular formula is C20H41Na2O8P. The molecule has 176 valence electrons. The first-order valence-electron chi connectivity index (χ1n) is 11.0. The van der Waals surface area contributed by atoms with Gasteiger partial charge in [0.25, 0.3) is 0 Å². The van der Waals surface area contributed by atoms with Crippen LogP contribution in [0.4, 0.5) is 0 Å². The molecular weight excluding hydrogens is 445 g/mol. The second-order valence-corrected chi connectivity index (χ2v) is 8.06. The summed E-state index contributed by atoms with van der Waals surface area (Å²) in [5, 5.41) is 0. The third kappa shape index (κ3) is 36.7. The molecule has 0 heterocycles. The van der Waals surface area contributed by atoms with Gasteiger partial charge in [-0.25, -0.2) is 0 Å². The molecule has 0 aromatic heterocycles. The first-order chi connectivity index (χ1) is 14.1. The second kappa shape index (κ2) is 30.0. The first kappa shape index (κ1) is 37.5. The van der Waals surface area contributed by atoms with Gasteiger partial charge in [0.2, 0.25) is 0 Å². The third-order valence-corrected chi connectivity index (χ3v) is 4.73. The zero-order chi connectivity index (χ0) is 21.5. The average molecular weight is 486 g/mol. The van der Waals surface area contributed by atoms with E-state index in [1.165, 1.54) is 57.8 Å². The topological polar surface area (TPSA) is 109 Å². The molecule has 0 aliphatic carbocycles. The predicted molar refractivity (Wildman–Crippen MR) is 109 cm³/mol. The van der Waals surface area contributed by atoms with Gasteiger partial charge >= 0.3 is 59.1 Å². The van der Waals surface area contributed by atoms with Crippen LogP contribution >= 0.6 is 7.82 Å². The molecule has 0 aliphatic heterocycles. The van der Waals surface area contributed by atoms with E-state index in [4.69, 9.17) is 18.9 Å². The Morgan fingerprint density at radius 3 is 1.23 bits per heavy atom. The Hall–Kier alpha value is 1.95. The van der Waals surface area contributed by atoms with Gasteiger partial charge in [-0.05, 0) is 6.42 Å². The van der Waals surface area contributed by atoms with Crippen LogP contribution in [0.2, 0.25) is 0 Å². The van der Waals surface area contributed by atoms with Crippen molar-refractivity contribution < 1.29 is 96.9 Å². The Labute approximate surface area is 233 Å². The molecule has 0 saturated heterocycles. The summed E-state index contributed by atoms with van der Waals surface area (Å²) in [5.41, 5.74) is 0. The van der Waals surface area contributed by atoms with E-state index >= 15 is 0 Å².